The Bertz CT molecular complexity index is 447. The summed E-state index contributed by atoms with van der Waals surface area (Å²) in [6.07, 6.45) is 9.19. The van der Waals surface area contributed by atoms with Gasteiger partial charge in [-0.25, -0.2) is 0 Å². The van der Waals surface area contributed by atoms with Crippen LogP contribution in [0, 0.1) is 5.92 Å². The number of rotatable bonds is 5. The van der Waals surface area contributed by atoms with Crippen molar-refractivity contribution in [3.05, 3.63) is 24.0 Å². The zero-order valence-corrected chi connectivity index (χ0v) is 12.5. The average Bonchev–Trinajstić information content (AvgIpc) is 2.47. The summed E-state index contributed by atoms with van der Waals surface area (Å²) in [4.78, 5) is 16.5. The van der Waals surface area contributed by atoms with Crippen LogP contribution in [0.4, 0.5) is 5.69 Å². The van der Waals surface area contributed by atoms with Gasteiger partial charge >= 0.3 is 0 Å². The average molecular weight is 275 g/mol. The lowest BCUT2D eigenvalue weighted by Crippen LogP contribution is -2.41. The van der Waals surface area contributed by atoms with E-state index in [0.717, 1.165) is 25.1 Å². The van der Waals surface area contributed by atoms with Gasteiger partial charge in [-0.1, -0.05) is 26.7 Å². The first-order chi connectivity index (χ1) is 9.72. The van der Waals surface area contributed by atoms with Gasteiger partial charge in [-0.3, -0.25) is 9.78 Å². The van der Waals surface area contributed by atoms with E-state index >= 15 is 0 Å². The van der Waals surface area contributed by atoms with Crippen molar-refractivity contribution in [2.24, 2.45) is 5.92 Å². The Kier molecular flexibility index (Phi) is 5.39. The van der Waals surface area contributed by atoms with E-state index < -0.39 is 0 Å². The summed E-state index contributed by atoms with van der Waals surface area (Å²) >= 11 is 0. The maximum atomic E-state index is 12.5. The van der Waals surface area contributed by atoms with E-state index in [1.807, 2.05) is 6.07 Å². The normalized spacial score (nSPS) is 22.3. The summed E-state index contributed by atoms with van der Waals surface area (Å²) in [5.41, 5.74) is 1.53. The van der Waals surface area contributed by atoms with Gasteiger partial charge in [0.15, 0.2) is 0 Å². The van der Waals surface area contributed by atoms with Crippen molar-refractivity contribution in [1.82, 2.24) is 10.3 Å². The van der Waals surface area contributed by atoms with Crippen LogP contribution in [0.5, 0.6) is 0 Å². The van der Waals surface area contributed by atoms with Crippen molar-refractivity contribution >= 4 is 11.6 Å². The third-order valence-electron chi connectivity index (χ3n) is 4.06. The lowest BCUT2D eigenvalue weighted by atomic mass is 9.86. The molecule has 0 saturated heterocycles. The van der Waals surface area contributed by atoms with Gasteiger partial charge in [0.1, 0.15) is 0 Å². The molecule has 4 nitrogen and oxygen atoms in total. The van der Waals surface area contributed by atoms with Gasteiger partial charge in [0.2, 0.25) is 0 Å². The van der Waals surface area contributed by atoms with Crippen molar-refractivity contribution in [2.45, 2.75) is 52.0 Å². The number of carbonyl (C=O) groups is 1. The Morgan fingerprint density at radius 2 is 2.20 bits per heavy atom. The number of pyridine rings is 1. The van der Waals surface area contributed by atoms with Crippen LogP contribution in [-0.2, 0) is 0 Å². The molecule has 1 aliphatic rings. The molecule has 1 fully saturated rings. The molecule has 2 rings (SSSR count). The van der Waals surface area contributed by atoms with Gasteiger partial charge in [-0.15, -0.1) is 0 Å². The van der Waals surface area contributed by atoms with E-state index in [1.54, 1.807) is 12.4 Å². The van der Waals surface area contributed by atoms with Crippen LogP contribution >= 0.6 is 0 Å². The Balaban J connectivity index is 2.04. The van der Waals surface area contributed by atoms with Gasteiger partial charge in [0.25, 0.3) is 5.91 Å². The Hall–Kier alpha value is -1.58. The molecule has 2 unspecified atom stereocenters. The van der Waals surface area contributed by atoms with Crippen LogP contribution in [0.2, 0.25) is 0 Å². The highest BCUT2D eigenvalue weighted by Crippen LogP contribution is 2.24. The van der Waals surface area contributed by atoms with E-state index in [4.69, 9.17) is 0 Å². The van der Waals surface area contributed by atoms with E-state index in [9.17, 15) is 4.79 Å². The molecule has 2 N–H and O–H groups in total. The van der Waals surface area contributed by atoms with E-state index in [0.29, 0.717) is 17.5 Å². The van der Waals surface area contributed by atoms with Crippen LogP contribution < -0.4 is 10.6 Å². The molecule has 1 aliphatic carbocycles. The monoisotopic (exact) mass is 275 g/mol. The third-order valence-corrected chi connectivity index (χ3v) is 4.06. The van der Waals surface area contributed by atoms with Crippen LogP contribution in [0.15, 0.2) is 18.5 Å². The molecular formula is C16H25N3O. The second-order valence-electron chi connectivity index (χ2n) is 5.69. The topological polar surface area (TPSA) is 54.0 Å². The molecule has 2 atom stereocenters. The molecule has 1 heterocycles. The number of nitrogens with zero attached hydrogens (tertiary/aromatic N) is 1. The summed E-state index contributed by atoms with van der Waals surface area (Å²) in [6.45, 7) is 5.20. The minimum Gasteiger partial charge on any atom is -0.384 e. The number of anilines is 1. The number of hydrogen-bond donors (Lipinski definition) is 2. The summed E-state index contributed by atoms with van der Waals surface area (Å²) < 4.78 is 0. The third kappa shape index (κ3) is 3.71. The minimum atomic E-state index is -0.00421. The molecule has 20 heavy (non-hydrogen) atoms. The zero-order valence-electron chi connectivity index (χ0n) is 12.5. The highest BCUT2D eigenvalue weighted by molar-refractivity contribution is 5.99. The first kappa shape index (κ1) is 14.8. The van der Waals surface area contributed by atoms with Gasteiger partial charge in [-0.05, 0) is 31.2 Å². The van der Waals surface area contributed by atoms with Crippen LogP contribution in [0.1, 0.15) is 56.3 Å². The lowest BCUT2D eigenvalue weighted by molar-refractivity contribution is 0.0910. The van der Waals surface area contributed by atoms with Crippen molar-refractivity contribution < 1.29 is 4.79 Å². The Morgan fingerprint density at radius 3 is 2.95 bits per heavy atom. The number of amides is 1. The van der Waals surface area contributed by atoms with E-state index in [1.165, 1.54) is 19.3 Å². The van der Waals surface area contributed by atoms with E-state index in [2.05, 4.69) is 29.5 Å². The largest absolute Gasteiger partial charge is 0.384 e. The SMILES string of the molecule is CCCNc1ccncc1C(=O)NC1CCCCC1C. The second-order valence-corrected chi connectivity index (χ2v) is 5.69. The van der Waals surface area contributed by atoms with Crippen LogP contribution in [0.25, 0.3) is 0 Å². The molecule has 0 radical (unpaired) electrons. The molecule has 0 aliphatic heterocycles. The highest BCUT2D eigenvalue weighted by atomic mass is 16.1. The molecule has 0 spiro atoms. The Labute approximate surface area is 121 Å². The molecule has 0 bridgehead atoms. The molecular weight excluding hydrogens is 250 g/mol. The smallest absolute Gasteiger partial charge is 0.255 e. The minimum absolute atomic E-state index is 0.00421. The summed E-state index contributed by atoms with van der Waals surface area (Å²) in [5, 5.41) is 6.47. The molecule has 0 aromatic carbocycles. The highest BCUT2D eigenvalue weighted by Gasteiger charge is 2.24. The molecule has 1 amide bonds. The van der Waals surface area contributed by atoms with Gasteiger partial charge in [0, 0.05) is 25.0 Å². The fourth-order valence-corrected chi connectivity index (χ4v) is 2.77. The van der Waals surface area contributed by atoms with Gasteiger partial charge in [-0.2, -0.15) is 0 Å². The first-order valence-corrected chi connectivity index (χ1v) is 7.71. The molecule has 4 heteroatoms. The van der Waals surface area contributed by atoms with Crippen LogP contribution in [0.3, 0.4) is 0 Å². The second kappa shape index (κ2) is 7.27. The van der Waals surface area contributed by atoms with Gasteiger partial charge in [0.05, 0.1) is 11.3 Å². The predicted molar refractivity (Wildman–Crippen MR) is 81.9 cm³/mol. The van der Waals surface area contributed by atoms with Crippen molar-refractivity contribution in [3.8, 4) is 0 Å². The number of aromatic nitrogens is 1. The quantitative estimate of drug-likeness (QED) is 0.867. The fourth-order valence-electron chi connectivity index (χ4n) is 2.77. The molecule has 1 saturated carbocycles. The molecule has 1 aromatic heterocycles. The van der Waals surface area contributed by atoms with Crippen molar-refractivity contribution in [2.75, 3.05) is 11.9 Å². The number of nitrogens with one attached hydrogen (secondary N) is 2. The van der Waals surface area contributed by atoms with Crippen LogP contribution in [-0.4, -0.2) is 23.5 Å². The number of carbonyl (C=O) groups excluding carboxylic acids is 1. The maximum Gasteiger partial charge on any atom is 0.255 e. The molecule has 110 valence electrons. The number of hydrogen-bond acceptors (Lipinski definition) is 3. The Morgan fingerprint density at radius 1 is 1.40 bits per heavy atom. The zero-order chi connectivity index (χ0) is 14.4. The van der Waals surface area contributed by atoms with E-state index in [-0.39, 0.29) is 5.91 Å². The first-order valence-electron chi connectivity index (χ1n) is 7.71. The summed E-state index contributed by atoms with van der Waals surface area (Å²) in [5.74, 6) is 0.562. The standard InChI is InChI=1S/C16H25N3O/c1-3-9-18-15-8-10-17-11-13(15)16(20)19-14-7-5-4-6-12(14)2/h8,10-12,14H,3-7,9H2,1-2H3,(H,17,18)(H,19,20). The molecule has 1 aromatic rings. The summed E-state index contributed by atoms with van der Waals surface area (Å²) in [7, 11) is 0. The predicted octanol–water partition coefficient (Wildman–Crippen LogP) is 3.21. The fraction of sp³-hybridized carbons (Fsp3) is 0.625. The maximum absolute atomic E-state index is 12.5. The lowest BCUT2D eigenvalue weighted by Gasteiger charge is -2.29. The van der Waals surface area contributed by atoms with Crippen molar-refractivity contribution in [1.29, 1.82) is 0 Å². The van der Waals surface area contributed by atoms with Gasteiger partial charge < -0.3 is 10.6 Å². The summed E-state index contributed by atoms with van der Waals surface area (Å²) in [6, 6.07) is 2.17. The van der Waals surface area contributed by atoms with Crippen molar-refractivity contribution in [3.63, 3.8) is 0 Å².